The van der Waals surface area contributed by atoms with E-state index in [-0.39, 0.29) is 10.8 Å². The number of rotatable bonds is 4. The maximum absolute atomic E-state index is 12.4. The minimum Gasteiger partial charge on any atom is -0.392 e. The molecule has 1 heterocycles. The van der Waals surface area contributed by atoms with Crippen LogP contribution in [0.4, 0.5) is 0 Å². The van der Waals surface area contributed by atoms with Gasteiger partial charge in [-0.15, -0.1) is 11.3 Å². The second-order valence-electron chi connectivity index (χ2n) is 5.10. The number of hydrogen-bond acceptors (Lipinski definition) is 4. The van der Waals surface area contributed by atoms with E-state index in [1.165, 1.54) is 6.07 Å². The van der Waals surface area contributed by atoms with Gasteiger partial charge in [-0.3, -0.25) is 0 Å². The lowest BCUT2D eigenvalue weighted by Crippen LogP contribution is -2.47. The Morgan fingerprint density at radius 3 is 2.89 bits per heavy atom. The Balaban J connectivity index is 1.91. The molecule has 1 saturated carbocycles. The van der Waals surface area contributed by atoms with Crippen LogP contribution in [0, 0.1) is 5.92 Å². The fraction of sp³-hybridized carbons (Fsp3) is 0.500. The Morgan fingerprint density at radius 2 is 2.32 bits per heavy atom. The molecule has 3 rings (SSSR count). The van der Waals surface area contributed by atoms with E-state index in [2.05, 4.69) is 4.72 Å². The van der Waals surface area contributed by atoms with Gasteiger partial charge >= 0.3 is 0 Å². The van der Waals surface area contributed by atoms with E-state index in [4.69, 9.17) is 11.6 Å². The third-order valence-corrected chi connectivity index (χ3v) is 7.18. The van der Waals surface area contributed by atoms with Crippen molar-refractivity contribution in [2.45, 2.75) is 29.0 Å². The molecule has 104 valence electrons. The van der Waals surface area contributed by atoms with Crippen LogP contribution < -0.4 is 4.72 Å². The molecule has 1 fully saturated rings. The number of aliphatic hydroxyl groups is 1. The van der Waals surface area contributed by atoms with Crippen LogP contribution >= 0.6 is 22.9 Å². The maximum Gasteiger partial charge on any atom is 0.250 e. The average Bonchev–Trinajstić information content (AvgIpc) is 3.01. The molecule has 7 heteroatoms. The molecule has 2 bridgehead atoms. The van der Waals surface area contributed by atoms with Crippen LogP contribution in [0.2, 0.25) is 4.34 Å². The third kappa shape index (κ3) is 2.25. The summed E-state index contributed by atoms with van der Waals surface area (Å²) in [6.07, 6.45) is 4.48. The van der Waals surface area contributed by atoms with Gasteiger partial charge in [0.2, 0.25) is 0 Å². The van der Waals surface area contributed by atoms with Crippen LogP contribution in [0.15, 0.2) is 28.0 Å². The molecule has 0 saturated heterocycles. The summed E-state index contributed by atoms with van der Waals surface area (Å²) in [6, 6.07) is 3.09. The number of aliphatic hydroxyl groups excluding tert-OH is 1. The smallest absolute Gasteiger partial charge is 0.250 e. The van der Waals surface area contributed by atoms with Gasteiger partial charge in [-0.25, -0.2) is 13.1 Å². The Hall–Kier alpha value is -0.400. The van der Waals surface area contributed by atoms with Crippen LogP contribution in [0.25, 0.3) is 0 Å². The lowest BCUT2D eigenvalue weighted by atomic mass is 9.91. The molecule has 2 aliphatic carbocycles. The number of fused-ring (bicyclic) bond motifs is 2. The summed E-state index contributed by atoms with van der Waals surface area (Å²) in [5, 5.41) is 9.40. The summed E-state index contributed by atoms with van der Waals surface area (Å²) in [5.41, 5.74) is 0.212. The number of halogens is 1. The van der Waals surface area contributed by atoms with Crippen molar-refractivity contribution < 1.29 is 13.5 Å². The van der Waals surface area contributed by atoms with Gasteiger partial charge in [0.25, 0.3) is 10.0 Å². The van der Waals surface area contributed by atoms with Crippen molar-refractivity contribution in [1.29, 1.82) is 0 Å². The minimum atomic E-state index is -3.58. The maximum atomic E-state index is 12.4. The topological polar surface area (TPSA) is 66.4 Å². The summed E-state index contributed by atoms with van der Waals surface area (Å²) in [7, 11) is -3.58. The van der Waals surface area contributed by atoms with Gasteiger partial charge in [0.1, 0.15) is 4.21 Å². The number of hydrogen-bond donors (Lipinski definition) is 2. The monoisotopic (exact) mass is 319 g/mol. The standard InChI is InChI=1S/C12H14ClNO3S2/c13-10-1-2-11(18-10)19(16,17)14-12-4-3-8(6-12)5-9(12)7-15/h1-2,5,8,14-15H,3-4,6-7H2. The third-order valence-electron chi connectivity index (χ3n) is 3.92. The lowest BCUT2D eigenvalue weighted by Gasteiger charge is -2.30. The van der Waals surface area contributed by atoms with Gasteiger partial charge in [-0.05, 0) is 42.9 Å². The Labute approximate surface area is 121 Å². The predicted molar refractivity (Wildman–Crippen MR) is 74.9 cm³/mol. The van der Waals surface area contributed by atoms with Crippen LogP contribution in [0.1, 0.15) is 19.3 Å². The molecule has 0 spiro atoms. The van der Waals surface area contributed by atoms with Gasteiger partial charge < -0.3 is 5.11 Å². The summed E-state index contributed by atoms with van der Waals surface area (Å²) in [4.78, 5) is 0. The molecule has 2 aliphatic rings. The molecule has 2 unspecified atom stereocenters. The molecule has 2 N–H and O–H groups in total. The van der Waals surface area contributed by atoms with Crippen molar-refractivity contribution >= 4 is 33.0 Å². The molecule has 19 heavy (non-hydrogen) atoms. The van der Waals surface area contributed by atoms with Crippen LogP contribution in [-0.4, -0.2) is 25.7 Å². The number of nitrogens with one attached hydrogen (secondary N) is 1. The highest BCUT2D eigenvalue weighted by Gasteiger charge is 2.48. The Bertz CT molecular complexity index is 637. The highest BCUT2D eigenvalue weighted by Crippen LogP contribution is 2.47. The highest BCUT2D eigenvalue weighted by molar-refractivity contribution is 7.91. The summed E-state index contributed by atoms with van der Waals surface area (Å²) in [5.74, 6) is 0.386. The van der Waals surface area contributed by atoms with E-state index in [9.17, 15) is 13.5 Å². The van der Waals surface area contributed by atoms with E-state index >= 15 is 0 Å². The normalized spacial score (nSPS) is 29.8. The molecule has 0 radical (unpaired) electrons. The zero-order valence-corrected chi connectivity index (χ0v) is 12.5. The van der Waals surface area contributed by atoms with E-state index in [1.54, 1.807) is 6.07 Å². The minimum absolute atomic E-state index is 0.0930. The quantitative estimate of drug-likeness (QED) is 0.836. The molecule has 0 aromatic carbocycles. The van der Waals surface area contributed by atoms with Crippen molar-refractivity contribution in [3.8, 4) is 0 Å². The van der Waals surface area contributed by atoms with Crippen molar-refractivity contribution in [2.75, 3.05) is 6.61 Å². The van der Waals surface area contributed by atoms with Crippen molar-refractivity contribution in [3.63, 3.8) is 0 Å². The molecule has 1 aromatic rings. The summed E-state index contributed by atoms with van der Waals surface area (Å²) in [6.45, 7) is -0.0930. The van der Waals surface area contributed by atoms with Gasteiger partial charge in [-0.1, -0.05) is 17.7 Å². The fourth-order valence-corrected chi connectivity index (χ4v) is 6.00. The first-order valence-corrected chi connectivity index (χ1v) is 8.74. The second-order valence-corrected chi connectivity index (χ2v) is 8.72. The van der Waals surface area contributed by atoms with Crippen LogP contribution in [-0.2, 0) is 10.0 Å². The zero-order chi connectivity index (χ0) is 13.7. The Morgan fingerprint density at radius 1 is 1.53 bits per heavy atom. The van der Waals surface area contributed by atoms with Crippen LogP contribution in [0.5, 0.6) is 0 Å². The first-order valence-electron chi connectivity index (χ1n) is 6.06. The molecule has 2 atom stereocenters. The van der Waals surface area contributed by atoms with Gasteiger partial charge in [0.05, 0.1) is 16.5 Å². The largest absolute Gasteiger partial charge is 0.392 e. The van der Waals surface area contributed by atoms with E-state index in [0.717, 1.165) is 36.2 Å². The molecule has 1 aromatic heterocycles. The van der Waals surface area contributed by atoms with Gasteiger partial charge in [-0.2, -0.15) is 0 Å². The average molecular weight is 320 g/mol. The second kappa shape index (κ2) is 4.56. The molecule has 4 nitrogen and oxygen atoms in total. The number of thiophene rings is 1. The molecular formula is C12H14ClNO3S2. The zero-order valence-electron chi connectivity index (χ0n) is 10.1. The van der Waals surface area contributed by atoms with Crippen molar-refractivity contribution in [3.05, 3.63) is 28.1 Å². The van der Waals surface area contributed by atoms with Crippen LogP contribution in [0.3, 0.4) is 0 Å². The van der Waals surface area contributed by atoms with E-state index in [1.807, 2.05) is 6.08 Å². The van der Waals surface area contributed by atoms with Crippen molar-refractivity contribution in [1.82, 2.24) is 4.72 Å². The number of sulfonamides is 1. The van der Waals surface area contributed by atoms with E-state index in [0.29, 0.717) is 10.3 Å². The summed E-state index contributed by atoms with van der Waals surface area (Å²) < 4.78 is 28.2. The molecular weight excluding hydrogens is 306 g/mol. The number of allylic oxidation sites excluding steroid dienone is 1. The first-order chi connectivity index (χ1) is 8.95. The van der Waals surface area contributed by atoms with Gasteiger partial charge in [0.15, 0.2) is 0 Å². The highest BCUT2D eigenvalue weighted by atomic mass is 35.5. The lowest BCUT2D eigenvalue weighted by molar-refractivity contribution is 0.299. The summed E-state index contributed by atoms with van der Waals surface area (Å²) >= 11 is 6.83. The van der Waals surface area contributed by atoms with E-state index < -0.39 is 15.6 Å². The fourth-order valence-electron chi connectivity index (χ4n) is 3.07. The Kier molecular flexibility index (Phi) is 3.26. The molecule has 0 amide bonds. The SMILES string of the molecule is O=S(=O)(NC12CCC(C=C1CO)C2)c1ccc(Cl)s1. The van der Waals surface area contributed by atoms with Gasteiger partial charge in [0, 0.05) is 0 Å². The first kappa shape index (κ1) is 13.6. The molecule has 0 aliphatic heterocycles. The van der Waals surface area contributed by atoms with Crippen molar-refractivity contribution in [2.24, 2.45) is 5.92 Å². The predicted octanol–water partition coefficient (Wildman–Crippen LogP) is 2.15.